The molecule has 4 nitrogen and oxygen atoms in total. The molecular formula is C11H15N3O. The van der Waals surface area contributed by atoms with Crippen LogP contribution >= 0.6 is 0 Å². The van der Waals surface area contributed by atoms with Crippen LogP contribution in [-0.4, -0.2) is 20.1 Å². The monoisotopic (exact) mass is 205 g/mol. The summed E-state index contributed by atoms with van der Waals surface area (Å²) in [6.07, 6.45) is 4.21. The van der Waals surface area contributed by atoms with E-state index in [4.69, 9.17) is 5.73 Å². The zero-order chi connectivity index (χ0) is 11.1. The van der Waals surface area contributed by atoms with Crippen molar-refractivity contribution in [3.63, 3.8) is 0 Å². The van der Waals surface area contributed by atoms with Crippen LogP contribution in [0.3, 0.4) is 0 Å². The van der Waals surface area contributed by atoms with Crippen LogP contribution < -0.4 is 5.73 Å². The fraction of sp³-hybridized carbons (Fsp3) is 0.364. The van der Waals surface area contributed by atoms with E-state index in [0.29, 0.717) is 12.1 Å². The Morgan fingerprint density at radius 1 is 1.53 bits per heavy atom. The van der Waals surface area contributed by atoms with Crippen molar-refractivity contribution in [1.82, 2.24) is 9.38 Å². The third kappa shape index (κ3) is 2.10. The predicted octanol–water partition coefficient (Wildman–Crippen LogP) is 1.23. The Morgan fingerprint density at radius 2 is 2.27 bits per heavy atom. The number of aromatic nitrogens is 2. The molecule has 80 valence electrons. The van der Waals surface area contributed by atoms with Crippen molar-refractivity contribution < 1.29 is 5.11 Å². The lowest BCUT2D eigenvalue weighted by Gasteiger charge is -2.16. The van der Waals surface area contributed by atoms with Crippen molar-refractivity contribution in [1.29, 1.82) is 0 Å². The minimum absolute atomic E-state index is 0.568. The first kappa shape index (κ1) is 9.98. The minimum Gasteiger partial charge on any atom is -0.399 e. The summed E-state index contributed by atoms with van der Waals surface area (Å²) < 4.78 is 1.94. The van der Waals surface area contributed by atoms with Gasteiger partial charge in [0, 0.05) is 36.3 Å². The standard InChI is InChI=1S/C11H15N3O/c1-11(2,15)6-9-7-13-10-5-8(12)3-4-14(9)10/h3-5,7,15H,6,12H2,1-2H3. The van der Waals surface area contributed by atoms with Crippen LogP contribution in [0.5, 0.6) is 0 Å². The molecule has 0 radical (unpaired) electrons. The summed E-state index contributed by atoms with van der Waals surface area (Å²) >= 11 is 0. The van der Waals surface area contributed by atoms with Crippen molar-refractivity contribution in [2.75, 3.05) is 5.73 Å². The maximum absolute atomic E-state index is 9.74. The third-order valence-corrected chi connectivity index (χ3v) is 2.23. The molecule has 0 unspecified atom stereocenters. The van der Waals surface area contributed by atoms with Crippen molar-refractivity contribution in [3.8, 4) is 0 Å². The first-order chi connectivity index (χ1) is 6.96. The zero-order valence-corrected chi connectivity index (χ0v) is 8.94. The Kier molecular flexibility index (Phi) is 2.16. The van der Waals surface area contributed by atoms with Gasteiger partial charge in [-0.3, -0.25) is 0 Å². The normalized spacial score (nSPS) is 12.2. The average molecular weight is 205 g/mol. The Balaban J connectivity index is 2.45. The van der Waals surface area contributed by atoms with Crippen LogP contribution in [0.15, 0.2) is 24.5 Å². The molecule has 0 aliphatic rings. The highest BCUT2D eigenvalue weighted by atomic mass is 16.3. The molecule has 2 aromatic rings. The van der Waals surface area contributed by atoms with Gasteiger partial charge in [-0.05, 0) is 19.9 Å². The zero-order valence-electron chi connectivity index (χ0n) is 8.94. The molecule has 2 heterocycles. The van der Waals surface area contributed by atoms with Crippen LogP contribution in [0.1, 0.15) is 19.5 Å². The molecule has 3 N–H and O–H groups in total. The van der Waals surface area contributed by atoms with E-state index in [2.05, 4.69) is 4.98 Å². The number of imidazole rings is 1. The number of nitrogens with two attached hydrogens (primary N) is 1. The molecule has 0 spiro atoms. The number of anilines is 1. The summed E-state index contributed by atoms with van der Waals surface area (Å²) in [4.78, 5) is 4.24. The van der Waals surface area contributed by atoms with Gasteiger partial charge in [-0.15, -0.1) is 0 Å². The Hall–Kier alpha value is -1.55. The second-order valence-electron chi connectivity index (χ2n) is 4.43. The molecule has 15 heavy (non-hydrogen) atoms. The molecule has 4 heteroatoms. The topological polar surface area (TPSA) is 63.5 Å². The van der Waals surface area contributed by atoms with E-state index in [1.165, 1.54) is 0 Å². The Morgan fingerprint density at radius 3 is 2.93 bits per heavy atom. The number of aliphatic hydroxyl groups is 1. The van der Waals surface area contributed by atoms with Gasteiger partial charge in [0.25, 0.3) is 0 Å². The first-order valence-corrected chi connectivity index (χ1v) is 4.89. The average Bonchev–Trinajstić information content (AvgIpc) is 2.45. The summed E-state index contributed by atoms with van der Waals surface area (Å²) in [6.45, 7) is 3.56. The van der Waals surface area contributed by atoms with Crippen molar-refractivity contribution >= 4 is 11.3 Å². The molecule has 0 atom stereocenters. The largest absolute Gasteiger partial charge is 0.399 e. The lowest BCUT2D eigenvalue weighted by atomic mass is 10.0. The maximum Gasteiger partial charge on any atom is 0.138 e. The van der Waals surface area contributed by atoms with E-state index in [1.54, 1.807) is 20.0 Å². The van der Waals surface area contributed by atoms with Crippen LogP contribution in [0.25, 0.3) is 5.65 Å². The number of hydrogen-bond donors (Lipinski definition) is 2. The summed E-state index contributed by atoms with van der Waals surface area (Å²) in [5.41, 5.74) is 7.43. The number of nitrogen functional groups attached to an aromatic ring is 1. The third-order valence-electron chi connectivity index (χ3n) is 2.23. The van der Waals surface area contributed by atoms with Crippen molar-refractivity contribution in [3.05, 3.63) is 30.2 Å². The molecule has 0 saturated heterocycles. The van der Waals surface area contributed by atoms with Gasteiger partial charge in [0.2, 0.25) is 0 Å². The summed E-state index contributed by atoms with van der Waals surface area (Å²) in [5, 5.41) is 9.74. The lowest BCUT2D eigenvalue weighted by Crippen LogP contribution is -2.22. The Bertz CT molecular complexity index is 482. The predicted molar refractivity (Wildman–Crippen MR) is 59.6 cm³/mol. The van der Waals surface area contributed by atoms with Crippen LogP contribution in [0.4, 0.5) is 5.69 Å². The molecule has 2 aromatic heterocycles. The second kappa shape index (κ2) is 3.24. The van der Waals surface area contributed by atoms with E-state index < -0.39 is 5.60 Å². The van der Waals surface area contributed by atoms with Gasteiger partial charge in [0.05, 0.1) is 5.60 Å². The molecule has 0 bridgehead atoms. The molecule has 0 aromatic carbocycles. The second-order valence-corrected chi connectivity index (χ2v) is 4.43. The van der Waals surface area contributed by atoms with Gasteiger partial charge in [-0.25, -0.2) is 4.98 Å². The van der Waals surface area contributed by atoms with Gasteiger partial charge in [-0.2, -0.15) is 0 Å². The fourth-order valence-corrected chi connectivity index (χ4v) is 1.62. The molecule has 0 aliphatic carbocycles. The molecule has 0 saturated carbocycles. The van der Waals surface area contributed by atoms with E-state index >= 15 is 0 Å². The first-order valence-electron chi connectivity index (χ1n) is 4.89. The van der Waals surface area contributed by atoms with Crippen LogP contribution in [-0.2, 0) is 6.42 Å². The van der Waals surface area contributed by atoms with E-state index in [-0.39, 0.29) is 0 Å². The molecule has 0 aliphatic heterocycles. The SMILES string of the molecule is CC(C)(O)Cc1cnc2cc(N)ccn12. The fourth-order valence-electron chi connectivity index (χ4n) is 1.62. The highest BCUT2D eigenvalue weighted by Crippen LogP contribution is 2.15. The van der Waals surface area contributed by atoms with Crippen molar-refractivity contribution in [2.45, 2.75) is 25.9 Å². The molecular weight excluding hydrogens is 190 g/mol. The van der Waals surface area contributed by atoms with Crippen LogP contribution in [0.2, 0.25) is 0 Å². The van der Waals surface area contributed by atoms with Gasteiger partial charge in [0.1, 0.15) is 5.65 Å². The van der Waals surface area contributed by atoms with E-state index in [9.17, 15) is 5.11 Å². The van der Waals surface area contributed by atoms with Crippen LogP contribution in [0, 0.1) is 0 Å². The quantitative estimate of drug-likeness (QED) is 0.775. The number of fused-ring (bicyclic) bond motifs is 1. The lowest BCUT2D eigenvalue weighted by molar-refractivity contribution is 0.0797. The minimum atomic E-state index is -0.725. The summed E-state index contributed by atoms with van der Waals surface area (Å²) in [7, 11) is 0. The van der Waals surface area contributed by atoms with Crippen molar-refractivity contribution in [2.24, 2.45) is 0 Å². The van der Waals surface area contributed by atoms with Gasteiger partial charge in [0.15, 0.2) is 0 Å². The highest BCUT2D eigenvalue weighted by Gasteiger charge is 2.16. The summed E-state index contributed by atoms with van der Waals surface area (Å²) in [6, 6.07) is 3.64. The maximum atomic E-state index is 9.74. The molecule has 2 rings (SSSR count). The Labute approximate surface area is 88.4 Å². The number of rotatable bonds is 2. The summed E-state index contributed by atoms with van der Waals surface area (Å²) in [5.74, 6) is 0. The van der Waals surface area contributed by atoms with E-state index in [0.717, 1.165) is 11.3 Å². The smallest absolute Gasteiger partial charge is 0.138 e. The number of nitrogens with zero attached hydrogens (tertiary/aromatic N) is 2. The number of pyridine rings is 1. The van der Waals surface area contributed by atoms with E-state index in [1.807, 2.05) is 22.7 Å². The molecule has 0 fully saturated rings. The molecule has 0 amide bonds. The number of hydrogen-bond acceptors (Lipinski definition) is 3. The van der Waals surface area contributed by atoms with Gasteiger partial charge in [-0.1, -0.05) is 0 Å². The van der Waals surface area contributed by atoms with Gasteiger partial charge < -0.3 is 15.2 Å². The highest BCUT2D eigenvalue weighted by molar-refractivity contribution is 5.52. The van der Waals surface area contributed by atoms with Gasteiger partial charge >= 0.3 is 0 Å².